The molecular weight excluding hydrogens is 349 g/mol. The molecule has 17 heavy (non-hydrogen) atoms. The van der Waals surface area contributed by atoms with E-state index >= 15 is 0 Å². The van der Waals surface area contributed by atoms with E-state index in [1.54, 1.807) is 11.6 Å². The van der Waals surface area contributed by atoms with Gasteiger partial charge in [-0.05, 0) is 6.07 Å². The lowest BCUT2D eigenvalue weighted by molar-refractivity contribution is 0.849. The molecule has 0 aromatic carbocycles. The maximum absolute atomic E-state index is 6.09. The van der Waals surface area contributed by atoms with Crippen LogP contribution in [0.5, 0.6) is 0 Å². The summed E-state index contributed by atoms with van der Waals surface area (Å²) in [7, 11) is 1.69. The second-order valence-electron chi connectivity index (χ2n) is 3.24. The Morgan fingerprint density at radius 3 is 1.82 bits per heavy atom. The molecule has 0 aliphatic carbocycles. The van der Waals surface area contributed by atoms with E-state index in [4.69, 9.17) is 69.6 Å². The van der Waals surface area contributed by atoms with Crippen molar-refractivity contribution >= 4 is 69.6 Å². The summed E-state index contributed by atoms with van der Waals surface area (Å²) in [6.07, 6.45) is 0. The smallest absolute Gasteiger partial charge is 0.140 e. The molecule has 0 atom stereocenters. The molecule has 8 heteroatoms. The van der Waals surface area contributed by atoms with Gasteiger partial charge in [0.1, 0.15) is 26.3 Å². The van der Waals surface area contributed by atoms with Gasteiger partial charge in [-0.2, -0.15) is 0 Å². The topological polar surface area (TPSA) is 9.86 Å². The molecule has 0 saturated heterocycles. The fourth-order valence-electron chi connectivity index (χ4n) is 1.45. The predicted molar refractivity (Wildman–Crippen MR) is 74.8 cm³/mol. The number of hydrogen-bond donors (Lipinski definition) is 0. The van der Waals surface area contributed by atoms with E-state index in [1.165, 1.54) is 10.6 Å². The van der Waals surface area contributed by atoms with Crippen LogP contribution in [-0.2, 0) is 7.05 Å². The van der Waals surface area contributed by atoms with Crippen LogP contribution >= 0.6 is 69.6 Å². The van der Waals surface area contributed by atoms with Crippen LogP contribution in [0.2, 0.25) is 30.5 Å². The van der Waals surface area contributed by atoms with Crippen LogP contribution in [0.25, 0.3) is 5.82 Å². The lowest BCUT2D eigenvalue weighted by Gasteiger charge is -2.09. The van der Waals surface area contributed by atoms with Crippen molar-refractivity contribution in [1.82, 2.24) is 9.13 Å². The van der Waals surface area contributed by atoms with Crippen LogP contribution < -0.4 is 0 Å². The number of nitrogens with zero attached hydrogens (tertiary/aromatic N) is 2. The average Bonchev–Trinajstić information content (AvgIpc) is 2.61. The van der Waals surface area contributed by atoms with Gasteiger partial charge in [-0.25, -0.2) is 0 Å². The number of rotatable bonds is 1. The molecule has 0 bridgehead atoms. The third-order valence-electron chi connectivity index (χ3n) is 2.25. The van der Waals surface area contributed by atoms with Crippen molar-refractivity contribution in [2.75, 3.05) is 0 Å². The molecule has 0 N–H and O–H groups in total. The molecule has 0 fully saturated rings. The molecular formula is C9H4Cl6N2. The summed E-state index contributed by atoms with van der Waals surface area (Å²) < 4.78 is 3.03. The summed E-state index contributed by atoms with van der Waals surface area (Å²) >= 11 is 36.0. The molecule has 2 aromatic rings. The lowest BCUT2D eigenvalue weighted by Crippen LogP contribution is -2.02. The Hall–Kier alpha value is 0.300. The molecule has 2 nitrogen and oxygen atoms in total. The molecule has 0 saturated carbocycles. The van der Waals surface area contributed by atoms with E-state index in [0.29, 0.717) is 21.1 Å². The van der Waals surface area contributed by atoms with Gasteiger partial charge in [0.2, 0.25) is 0 Å². The molecule has 2 aromatic heterocycles. The summed E-state index contributed by atoms with van der Waals surface area (Å²) in [5, 5.41) is 1.67. The second kappa shape index (κ2) is 4.76. The fourth-order valence-corrected chi connectivity index (χ4v) is 2.97. The third-order valence-corrected chi connectivity index (χ3v) is 4.64. The van der Waals surface area contributed by atoms with Crippen LogP contribution in [0.15, 0.2) is 6.07 Å². The van der Waals surface area contributed by atoms with E-state index in [1.807, 2.05) is 0 Å². The molecule has 92 valence electrons. The lowest BCUT2D eigenvalue weighted by atomic mass is 10.6. The summed E-state index contributed by atoms with van der Waals surface area (Å²) in [5.74, 6) is 0.462. The monoisotopic (exact) mass is 350 g/mol. The fraction of sp³-hybridized carbons (Fsp3) is 0.111. The van der Waals surface area contributed by atoms with Crippen molar-refractivity contribution in [1.29, 1.82) is 0 Å². The second-order valence-corrected chi connectivity index (χ2v) is 5.51. The highest BCUT2D eigenvalue weighted by Crippen LogP contribution is 2.41. The van der Waals surface area contributed by atoms with Crippen molar-refractivity contribution in [3.05, 3.63) is 36.6 Å². The minimum atomic E-state index is 0.239. The van der Waals surface area contributed by atoms with Crippen LogP contribution in [0.3, 0.4) is 0 Å². The summed E-state index contributed by atoms with van der Waals surface area (Å²) in [6.45, 7) is 0. The largest absolute Gasteiger partial charge is 0.319 e. The van der Waals surface area contributed by atoms with Gasteiger partial charge in [-0.1, -0.05) is 69.6 Å². The van der Waals surface area contributed by atoms with E-state index in [2.05, 4.69) is 0 Å². The maximum atomic E-state index is 6.09. The zero-order valence-corrected chi connectivity index (χ0v) is 12.8. The van der Waals surface area contributed by atoms with Gasteiger partial charge in [0.25, 0.3) is 0 Å². The van der Waals surface area contributed by atoms with Gasteiger partial charge in [0.15, 0.2) is 0 Å². The van der Waals surface area contributed by atoms with Crippen molar-refractivity contribution in [3.63, 3.8) is 0 Å². The van der Waals surface area contributed by atoms with Crippen LogP contribution in [0.4, 0.5) is 0 Å². The zero-order valence-electron chi connectivity index (χ0n) is 8.24. The Labute approximate surface area is 128 Å². The molecule has 0 aliphatic rings. The third kappa shape index (κ3) is 2.05. The highest BCUT2D eigenvalue weighted by Gasteiger charge is 2.23. The van der Waals surface area contributed by atoms with Crippen molar-refractivity contribution in [2.45, 2.75) is 0 Å². The Bertz CT molecular complexity index is 572. The Morgan fingerprint density at radius 1 is 0.882 bits per heavy atom. The van der Waals surface area contributed by atoms with Gasteiger partial charge in [0, 0.05) is 7.05 Å². The van der Waals surface area contributed by atoms with Gasteiger partial charge >= 0.3 is 0 Å². The van der Waals surface area contributed by atoms with E-state index < -0.39 is 0 Å². The number of aromatic nitrogens is 2. The Morgan fingerprint density at radius 2 is 1.47 bits per heavy atom. The molecule has 0 aliphatic heterocycles. The maximum Gasteiger partial charge on any atom is 0.140 e. The van der Waals surface area contributed by atoms with Gasteiger partial charge in [-0.15, -0.1) is 0 Å². The Balaban J connectivity index is 2.82. The van der Waals surface area contributed by atoms with Crippen molar-refractivity contribution in [3.8, 4) is 5.82 Å². The molecule has 2 heterocycles. The van der Waals surface area contributed by atoms with Gasteiger partial charge in [0.05, 0.1) is 10.0 Å². The van der Waals surface area contributed by atoms with Gasteiger partial charge < -0.3 is 4.57 Å². The minimum Gasteiger partial charge on any atom is -0.319 e. The number of halogens is 6. The zero-order chi connectivity index (χ0) is 12.9. The number of hydrogen-bond acceptors (Lipinski definition) is 0. The average molecular weight is 353 g/mol. The SMILES string of the molecule is Cn1c(Cl)c(Cl)c(Cl)c1-n1c(Cl)cc(Cl)c1Cl. The highest BCUT2D eigenvalue weighted by molar-refractivity contribution is 6.49. The summed E-state index contributed by atoms with van der Waals surface area (Å²) in [5.41, 5.74) is 0. The first kappa shape index (κ1) is 13.7. The van der Waals surface area contributed by atoms with Gasteiger partial charge in [-0.3, -0.25) is 4.57 Å². The predicted octanol–water partition coefficient (Wildman–Crippen LogP) is 5.74. The summed E-state index contributed by atoms with van der Waals surface area (Å²) in [6, 6.07) is 1.51. The minimum absolute atomic E-state index is 0.239. The molecule has 0 spiro atoms. The quantitative estimate of drug-likeness (QED) is 0.619. The van der Waals surface area contributed by atoms with E-state index in [9.17, 15) is 0 Å². The van der Waals surface area contributed by atoms with Crippen LogP contribution in [0, 0.1) is 0 Å². The van der Waals surface area contributed by atoms with E-state index in [-0.39, 0.29) is 15.2 Å². The van der Waals surface area contributed by atoms with E-state index in [0.717, 1.165) is 0 Å². The van der Waals surface area contributed by atoms with Crippen molar-refractivity contribution < 1.29 is 0 Å². The molecule has 0 radical (unpaired) electrons. The standard InChI is InChI=1S/C9H4Cl6N2/c1-16-8(15)5(12)6(13)9(16)17-4(11)2-3(10)7(17)14/h2H,1H3. The first-order valence-electron chi connectivity index (χ1n) is 4.28. The Kier molecular flexibility index (Phi) is 3.85. The van der Waals surface area contributed by atoms with Crippen LogP contribution in [-0.4, -0.2) is 9.13 Å². The molecule has 0 amide bonds. The van der Waals surface area contributed by atoms with Crippen LogP contribution in [0.1, 0.15) is 0 Å². The normalized spacial score (nSPS) is 11.2. The molecule has 0 unspecified atom stereocenters. The first-order chi connectivity index (χ1) is 7.86. The summed E-state index contributed by atoms with van der Waals surface area (Å²) in [4.78, 5) is 0. The highest BCUT2D eigenvalue weighted by atomic mass is 35.5. The van der Waals surface area contributed by atoms with Crippen molar-refractivity contribution in [2.24, 2.45) is 7.05 Å². The first-order valence-corrected chi connectivity index (χ1v) is 6.54. The molecule has 2 rings (SSSR count).